The lowest BCUT2D eigenvalue weighted by molar-refractivity contribution is -0.154. The number of carbonyl (C=O) groups is 1. The number of rotatable bonds is 7. The fourth-order valence-electron chi connectivity index (χ4n) is 3.38. The zero-order valence-electron chi connectivity index (χ0n) is 17.3. The summed E-state index contributed by atoms with van der Waals surface area (Å²) >= 11 is 0. The molecule has 0 saturated carbocycles. The monoisotopic (exact) mass is 388 g/mol. The summed E-state index contributed by atoms with van der Waals surface area (Å²) in [6, 6.07) is 23.5. The average molecular weight is 389 g/mol. The number of hydrogen-bond donors (Lipinski definition) is 1. The van der Waals surface area contributed by atoms with Crippen LogP contribution in [0.25, 0.3) is 10.8 Å². The second-order valence-electron chi connectivity index (χ2n) is 7.92. The molecule has 0 bridgehead atoms. The second-order valence-corrected chi connectivity index (χ2v) is 7.92. The van der Waals surface area contributed by atoms with Crippen LogP contribution in [-0.4, -0.2) is 11.1 Å². The highest BCUT2D eigenvalue weighted by Crippen LogP contribution is 2.30. The van der Waals surface area contributed by atoms with Gasteiger partial charge in [-0.2, -0.15) is 0 Å². The number of benzene rings is 3. The van der Waals surface area contributed by atoms with Gasteiger partial charge < -0.3 is 9.84 Å². The van der Waals surface area contributed by atoms with Gasteiger partial charge in [-0.1, -0.05) is 78.4 Å². The number of esters is 1. The maximum Gasteiger partial charge on any atom is 0.309 e. The van der Waals surface area contributed by atoms with E-state index < -0.39 is 17.7 Å². The molecule has 3 nitrogen and oxygen atoms in total. The van der Waals surface area contributed by atoms with Gasteiger partial charge in [0.25, 0.3) is 0 Å². The van der Waals surface area contributed by atoms with Crippen LogP contribution in [0, 0.1) is 0 Å². The van der Waals surface area contributed by atoms with Crippen LogP contribution >= 0.6 is 0 Å². The standard InChI is InChI=1S/C26H28O3/c1-19(2)13-16-24(22-15-14-20-9-7-8-10-21(20)17-22)29-25(27)18-26(3,28)23-11-5-4-6-12-23/h4-15,17,24,28H,16,18H2,1-3H3. The van der Waals surface area contributed by atoms with E-state index in [0.717, 1.165) is 16.3 Å². The van der Waals surface area contributed by atoms with Crippen LogP contribution in [0.3, 0.4) is 0 Å². The Balaban J connectivity index is 1.81. The van der Waals surface area contributed by atoms with Crippen molar-refractivity contribution in [3.8, 4) is 0 Å². The molecule has 0 saturated heterocycles. The average Bonchev–Trinajstić information content (AvgIpc) is 2.71. The van der Waals surface area contributed by atoms with Gasteiger partial charge in [-0.05, 0) is 48.7 Å². The number of hydrogen-bond acceptors (Lipinski definition) is 3. The molecule has 3 rings (SSSR count). The molecule has 3 aromatic rings. The summed E-state index contributed by atoms with van der Waals surface area (Å²) in [5, 5.41) is 13.0. The van der Waals surface area contributed by atoms with Gasteiger partial charge in [-0.25, -0.2) is 0 Å². The minimum Gasteiger partial charge on any atom is -0.457 e. The summed E-state index contributed by atoms with van der Waals surface area (Å²) in [6.07, 6.45) is 2.17. The van der Waals surface area contributed by atoms with Gasteiger partial charge in [0.05, 0.1) is 12.0 Å². The Morgan fingerprint density at radius 2 is 1.66 bits per heavy atom. The molecule has 0 amide bonds. The van der Waals surface area contributed by atoms with E-state index in [2.05, 4.69) is 24.3 Å². The number of ether oxygens (including phenoxy) is 1. The molecule has 0 aliphatic heterocycles. The van der Waals surface area contributed by atoms with Gasteiger partial charge in [0.2, 0.25) is 0 Å². The van der Waals surface area contributed by atoms with Gasteiger partial charge >= 0.3 is 5.97 Å². The van der Waals surface area contributed by atoms with Crippen LogP contribution in [0.4, 0.5) is 0 Å². The molecule has 0 aliphatic rings. The molecule has 1 N–H and O–H groups in total. The normalized spacial score (nSPS) is 14.1. The first-order valence-electron chi connectivity index (χ1n) is 9.94. The molecule has 0 spiro atoms. The van der Waals surface area contributed by atoms with E-state index in [4.69, 9.17) is 4.74 Å². The highest BCUT2D eigenvalue weighted by molar-refractivity contribution is 5.83. The number of carbonyl (C=O) groups excluding carboxylic acids is 1. The quantitative estimate of drug-likeness (QED) is 0.394. The fraction of sp³-hybridized carbons (Fsp3) is 0.269. The molecule has 29 heavy (non-hydrogen) atoms. The molecule has 3 heteroatoms. The van der Waals surface area contributed by atoms with E-state index in [9.17, 15) is 9.90 Å². The van der Waals surface area contributed by atoms with E-state index in [1.165, 1.54) is 5.57 Å². The van der Waals surface area contributed by atoms with Crippen molar-refractivity contribution in [2.24, 2.45) is 0 Å². The van der Waals surface area contributed by atoms with E-state index >= 15 is 0 Å². The Morgan fingerprint density at radius 3 is 2.34 bits per heavy atom. The van der Waals surface area contributed by atoms with Crippen molar-refractivity contribution in [1.29, 1.82) is 0 Å². The minimum absolute atomic E-state index is 0.101. The predicted molar refractivity (Wildman–Crippen MR) is 117 cm³/mol. The summed E-state index contributed by atoms with van der Waals surface area (Å²) in [5.74, 6) is -0.417. The van der Waals surface area contributed by atoms with Crippen LogP contribution < -0.4 is 0 Å². The lowest BCUT2D eigenvalue weighted by Gasteiger charge is -2.25. The topological polar surface area (TPSA) is 46.5 Å². The highest BCUT2D eigenvalue weighted by Gasteiger charge is 2.29. The molecular formula is C26H28O3. The summed E-state index contributed by atoms with van der Waals surface area (Å²) < 4.78 is 5.85. The molecular weight excluding hydrogens is 360 g/mol. The molecule has 0 heterocycles. The Morgan fingerprint density at radius 1 is 1.00 bits per heavy atom. The maximum atomic E-state index is 12.7. The summed E-state index contributed by atoms with van der Waals surface area (Å²) in [6.45, 7) is 5.70. The number of allylic oxidation sites excluding steroid dienone is 1. The highest BCUT2D eigenvalue weighted by atomic mass is 16.5. The van der Waals surface area contributed by atoms with Crippen LogP contribution in [0.2, 0.25) is 0 Å². The Labute approximate surface area is 172 Å². The SMILES string of the molecule is CC(C)=CCC(OC(=O)CC(C)(O)c1ccccc1)c1ccc2ccccc2c1. The van der Waals surface area contributed by atoms with Crippen molar-refractivity contribution < 1.29 is 14.6 Å². The van der Waals surface area contributed by atoms with Gasteiger partial charge in [-0.15, -0.1) is 0 Å². The van der Waals surface area contributed by atoms with Crippen LogP contribution in [0.15, 0.2) is 84.4 Å². The molecule has 0 aliphatic carbocycles. The molecule has 150 valence electrons. The molecule has 0 radical (unpaired) electrons. The first-order valence-corrected chi connectivity index (χ1v) is 9.94. The third-order valence-electron chi connectivity index (χ3n) is 5.04. The summed E-state index contributed by atoms with van der Waals surface area (Å²) in [5.41, 5.74) is 1.54. The fourth-order valence-corrected chi connectivity index (χ4v) is 3.38. The van der Waals surface area contributed by atoms with Gasteiger partial charge in [0.15, 0.2) is 0 Å². The third kappa shape index (κ3) is 5.55. The van der Waals surface area contributed by atoms with Crippen LogP contribution in [0.5, 0.6) is 0 Å². The van der Waals surface area contributed by atoms with E-state index in [-0.39, 0.29) is 6.42 Å². The van der Waals surface area contributed by atoms with Crippen molar-refractivity contribution in [3.63, 3.8) is 0 Å². The second kappa shape index (κ2) is 9.06. The summed E-state index contributed by atoms with van der Waals surface area (Å²) in [4.78, 5) is 12.7. The molecule has 3 aromatic carbocycles. The van der Waals surface area contributed by atoms with Gasteiger partial charge in [0, 0.05) is 6.42 Å². The first kappa shape index (κ1) is 20.8. The smallest absolute Gasteiger partial charge is 0.309 e. The van der Waals surface area contributed by atoms with Gasteiger partial charge in [-0.3, -0.25) is 4.79 Å². The van der Waals surface area contributed by atoms with Crippen molar-refractivity contribution in [2.75, 3.05) is 0 Å². The van der Waals surface area contributed by atoms with Gasteiger partial charge in [0.1, 0.15) is 6.10 Å². The van der Waals surface area contributed by atoms with Crippen LogP contribution in [0.1, 0.15) is 50.8 Å². The van der Waals surface area contributed by atoms with Crippen LogP contribution in [-0.2, 0) is 15.1 Å². The molecule has 2 unspecified atom stereocenters. The molecule has 2 atom stereocenters. The van der Waals surface area contributed by atoms with Crippen molar-refractivity contribution in [3.05, 3.63) is 95.6 Å². The lowest BCUT2D eigenvalue weighted by atomic mass is 9.92. The van der Waals surface area contributed by atoms with Crippen molar-refractivity contribution in [1.82, 2.24) is 0 Å². The van der Waals surface area contributed by atoms with Crippen molar-refractivity contribution >= 4 is 16.7 Å². The largest absolute Gasteiger partial charge is 0.457 e. The third-order valence-corrected chi connectivity index (χ3v) is 5.04. The summed E-state index contributed by atoms with van der Waals surface area (Å²) in [7, 11) is 0. The Hall–Kier alpha value is -2.91. The van der Waals surface area contributed by atoms with E-state index in [1.807, 2.05) is 68.4 Å². The molecule has 0 fully saturated rings. The molecule has 0 aromatic heterocycles. The predicted octanol–water partition coefficient (Wildman–Crippen LogP) is 6.08. The zero-order valence-corrected chi connectivity index (χ0v) is 17.3. The number of aliphatic hydroxyl groups is 1. The first-order chi connectivity index (χ1) is 13.8. The van der Waals surface area contributed by atoms with E-state index in [0.29, 0.717) is 12.0 Å². The Kier molecular flexibility index (Phi) is 6.50. The lowest BCUT2D eigenvalue weighted by Crippen LogP contribution is -2.27. The van der Waals surface area contributed by atoms with E-state index in [1.54, 1.807) is 6.92 Å². The number of fused-ring (bicyclic) bond motifs is 1. The van der Waals surface area contributed by atoms with Crippen molar-refractivity contribution in [2.45, 2.75) is 45.3 Å². The minimum atomic E-state index is -1.28. The zero-order chi connectivity index (χ0) is 20.9. The maximum absolute atomic E-state index is 12.7. The Bertz CT molecular complexity index is 999.